The lowest BCUT2D eigenvalue weighted by molar-refractivity contribution is 0.192. The van der Waals surface area contributed by atoms with Gasteiger partial charge in [0.25, 0.3) is 0 Å². The number of benzene rings is 2. The molecule has 0 radical (unpaired) electrons. The van der Waals surface area contributed by atoms with Gasteiger partial charge in [0.2, 0.25) is 0 Å². The SMILES string of the molecule is O=C(NC1CCCCC1)Oc1ccc(F)c(-c2cccc(S(=O)[O-])c2)c1. The Hall–Kier alpha value is -2.25. The summed E-state index contributed by atoms with van der Waals surface area (Å²) >= 11 is -2.41. The predicted octanol–water partition coefficient (Wildman–Crippen LogP) is 4.15. The Balaban J connectivity index is 1.76. The normalized spacial score (nSPS) is 16.1. The summed E-state index contributed by atoms with van der Waals surface area (Å²) in [5.41, 5.74) is 0.558. The van der Waals surface area contributed by atoms with Crippen LogP contribution in [0.1, 0.15) is 32.1 Å². The minimum absolute atomic E-state index is 0.0586. The number of carbonyl (C=O) groups is 1. The number of hydrogen-bond acceptors (Lipinski definition) is 4. The van der Waals surface area contributed by atoms with Crippen molar-refractivity contribution in [2.45, 2.75) is 43.0 Å². The van der Waals surface area contributed by atoms with Gasteiger partial charge in [-0.05, 0) is 59.8 Å². The van der Waals surface area contributed by atoms with E-state index >= 15 is 0 Å². The van der Waals surface area contributed by atoms with Gasteiger partial charge in [0, 0.05) is 16.5 Å². The highest BCUT2D eigenvalue weighted by molar-refractivity contribution is 7.79. The first-order valence-electron chi connectivity index (χ1n) is 8.50. The summed E-state index contributed by atoms with van der Waals surface area (Å²) in [7, 11) is 0. The van der Waals surface area contributed by atoms with Crippen LogP contribution in [0.3, 0.4) is 0 Å². The molecule has 0 aliphatic heterocycles. The third kappa shape index (κ3) is 4.68. The highest BCUT2D eigenvalue weighted by atomic mass is 32.2. The number of nitrogens with one attached hydrogen (secondary N) is 1. The zero-order valence-corrected chi connectivity index (χ0v) is 14.9. The van der Waals surface area contributed by atoms with E-state index in [0.717, 1.165) is 25.7 Å². The van der Waals surface area contributed by atoms with E-state index in [1.165, 1.54) is 42.8 Å². The molecule has 1 saturated carbocycles. The molecule has 0 aromatic heterocycles. The summed E-state index contributed by atoms with van der Waals surface area (Å²) < 4.78 is 41.7. The third-order valence-electron chi connectivity index (χ3n) is 4.41. The Labute approximate surface area is 153 Å². The first-order chi connectivity index (χ1) is 12.5. The maximum Gasteiger partial charge on any atom is 0.412 e. The fourth-order valence-corrected chi connectivity index (χ4v) is 3.52. The van der Waals surface area contributed by atoms with Crippen LogP contribution in [0.2, 0.25) is 0 Å². The molecule has 1 amide bonds. The van der Waals surface area contributed by atoms with E-state index in [4.69, 9.17) is 4.74 Å². The molecule has 3 rings (SSSR count). The number of hydrogen-bond donors (Lipinski definition) is 1. The highest BCUT2D eigenvalue weighted by Crippen LogP contribution is 2.28. The van der Waals surface area contributed by atoms with Crippen molar-refractivity contribution in [3.05, 3.63) is 48.3 Å². The zero-order chi connectivity index (χ0) is 18.5. The van der Waals surface area contributed by atoms with Crippen molar-refractivity contribution in [2.24, 2.45) is 0 Å². The first kappa shape index (κ1) is 18.5. The van der Waals surface area contributed by atoms with Gasteiger partial charge in [-0.1, -0.05) is 31.4 Å². The van der Waals surface area contributed by atoms with E-state index in [1.54, 1.807) is 6.07 Å². The summed E-state index contributed by atoms with van der Waals surface area (Å²) in [4.78, 5) is 12.1. The second kappa shape index (κ2) is 8.42. The van der Waals surface area contributed by atoms with Crippen LogP contribution in [-0.2, 0) is 11.1 Å². The Morgan fingerprint density at radius 2 is 1.92 bits per heavy atom. The maximum absolute atomic E-state index is 14.2. The average Bonchev–Trinajstić information content (AvgIpc) is 2.64. The summed E-state index contributed by atoms with van der Waals surface area (Å²) in [5.74, 6) is -0.331. The van der Waals surface area contributed by atoms with Crippen molar-refractivity contribution < 1.29 is 22.7 Å². The summed E-state index contributed by atoms with van der Waals surface area (Å²) in [5, 5.41) is 2.83. The number of rotatable bonds is 4. The Morgan fingerprint density at radius 1 is 1.15 bits per heavy atom. The molecule has 1 fully saturated rings. The molecule has 1 unspecified atom stereocenters. The maximum atomic E-state index is 14.2. The standard InChI is InChI=1S/C19H20FNO4S/c20-18-10-9-15(25-19(22)21-14-6-2-1-3-7-14)12-17(18)13-5-4-8-16(11-13)26(23)24/h4-5,8-12,14H,1-3,6-7H2,(H,21,22)(H,23,24)/p-1. The minimum Gasteiger partial charge on any atom is -0.768 e. The van der Waals surface area contributed by atoms with E-state index in [9.17, 15) is 17.9 Å². The molecule has 1 aliphatic carbocycles. The van der Waals surface area contributed by atoms with Crippen LogP contribution < -0.4 is 10.1 Å². The molecule has 138 valence electrons. The molecule has 1 N–H and O–H groups in total. The monoisotopic (exact) mass is 376 g/mol. The van der Waals surface area contributed by atoms with E-state index < -0.39 is 23.0 Å². The fraction of sp³-hybridized carbons (Fsp3) is 0.316. The predicted molar refractivity (Wildman–Crippen MR) is 95.1 cm³/mol. The van der Waals surface area contributed by atoms with Gasteiger partial charge in [-0.2, -0.15) is 0 Å². The van der Waals surface area contributed by atoms with Gasteiger partial charge >= 0.3 is 6.09 Å². The quantitative estimate of drug-likeness (QED) is 0.813. The molecule has 0 spiro atoms. The second-order valence-electron chi connectivity index (χ2n) is 6.27. The minimum atomic E-state index is -2.41. The molecular formula is C19H19FNO4S-. The molecule has 7 heteroatoms. The van der Waals surface area contributed by atoms with Gasteiger partial charge in [0.05, 0.1) is 0 Å². The number of ether oxygens (including phenoxy) is 1. The van der Waals surface area contributed by atoms with Gasteiger partial charge in [0.15, 0.2) is 0 Å². The lowest BCUT2D eigenvalue weighted by Gasteiger charge is -2.22. The summed E-state index contributed by atoms with van der Waals surface area (Å²) in [6.07, 6.45) is 4.66. The van der Waals surface area contributed by atoms with Gasteiger partial charge in [-0.3, -0.25) is 4.21 Å². The van der Waals surface area contributed by atoms with Crippen LogP contribution in [0.25, 0.3) is 11.1 Å². The molecule has 0 bridgehead atoms. The molecule has 1 atom stereocenters. The Morgan fingerprint density at radius 3 is 2.65 bits per heavy atom. The van der Waals surface area contributed by atoms with Crippen molar-refractivity contribution in [2.75, 3.05) is 0 Å². The molecule has 2 aromatic carbocycles. The number of halogens is 1. The second-order valence-corrected chi connectivity index (χ2v) is 7.21. The van der Waals surface area contributed by atoms with Crippen LogP contribution in [0.5, 0.6) is 5.75 Å². The van der Waals surface area contributed by atoms with Crippen LogP contribution >= 0.6 is 0 Å². The summed E-state index contributed by atoms with van der Waals surface area (Å²) in [6, 6.07) is 9.98. The van der Waals surface area contributed by atoms with Crippen molar-refractivity contribution >= 4 is 17.2 Å². The highest BCUT2D eigenvalue weighted by Gasteiger charge is 2.17. The van der Waals surface area contributed by atoms with Crippen molar-refractivity contribution in [3.63, 3.8) is 0 Å². The fourth-order valence-electron chi connectivity index (χ4n) is 3.11. The van der Waals surface area contributed by atoms with Crippen molar-refractivity contribution in [3.8, 4) is 16.9 Å². The van der Waals surface area contributed by atoms with Crippen molar-refractivity contribution in [1.29, 1.82) is 0 Å². The topological polar surface area (TPSA) is 78.5 Å². The lowest BCUT2D eigenvalue weighted by Crippen LogP contribution is -2.38. The van der Waals surface area contributed by atoms with Gasteiger partial charge in [-0.15, -0.1) is 0 Å². The average molecular weight is 376 g/mol. The van der Waals surface area contributed by atoms with Gasteiger partial charge < -0.3 is 14.6 Å². The smallest absolute Gasteiger partial charge is 0.412 e. The molecule has 0 saturated heterocycles. The van der Waals surface area contributed by atoms with Gasteiger partial charge in [-0.25, -0.2) is 9.18 Å². The largest absolute Gasteiger partial charge is 0.768 e. The van der Waals surface area contributed by atoms with E-state index in [0.29, 0.717) is 5.56 Å². The molecule has 1 aliphatic rings. The molecule has 0 heterocycles. The van der Waals surface area contributed by atoms with Crippen LogP contribution in [-0.4, -0.2) is 20.9 Å². The van der Waals surface area contributed by atoms with Crippen LogP contribution in [0.15, 0.2) is 47.4 Å². The molecular weight excluding hydrogens is 357 g/mol. The summed E-state index contributed by atoms with van der Waals surface area (Å²) in [6.45, 7) is 0. The molecule has 2 aromatic rings. The van der Waals surface area contributed by atoms with E-state index in [2.05, 4.69) is 5.32 Å². The van der Waals surface area contributed by atoms with E-state index in [-0.39, 0.29) is 22.3 Å². The van der Waals surface area contributed by atoms with Gasteiger partial charge in [0.1, 0.15) is 11.6 Å². The third-order valence-corrected chi connectivity index (χ3v) is 5.05. The Bertz CT molecular complexity index is 821. The van der Waals surface area contributed by atoms with E-state index in [1.807, 2.05) is 0 Å². The van der Waals surface area contributed by atoms with Crippen LogP contribution in [0.4, 0.5) is 9.18 Å². The Kier molecular flexibility index (Phi) is 6.00. The number of amides is 1. The molecule has 26 heavy (non-hydrogen) atoms. The molecule has 5 nitrogen and oxygen atoms in total. The van der Waals surface area contributed by atoms with Crippen LogP contribution in [0, 0.1) is 5.82 Å². The number of carbonyl (C=O) groups excluding carboxylic acids is 1. The lowest BCUT2D eigenvalue weighted by atomic mass is 9.96. The first-order valence-corrected chi connectivity index (χ1v) is 9.58. The van der Waals surface area contributed by atoms with Crippen molar-refractivity contribution in [1.82, 2.24) is 5.32 Å². The zero-order valence-electron chi connectivity index (χ0n) is 14.1.